The van der Waals surface area contributed by atoms with Crippen LogP contribution in [0.25, 0.3) is 0 Å². The van der Waals surface area contributed by atoms with Crippen molar-refractivity contribution in [2.75, 3.05) is 30.8 Å². The highest BCUT2D eigenvalue weighted by Crippen LogP contribution is 2.24. The fourth-order valence-corrected chi connectivity index (χ4v) is 4.55. The van der Waals surface area contributed by atoms with E-state index in [0.29, 0.717) is 23.5 Å². The average Bonchev–Trinajstić information content (AvgIpc) is 2.83. The number of ether oxygens (including phenoxy) is 1. The molecule has 36 heavy (non-hydrogen) atoms. The van der Waals surface area contributed by atoms with Crippen LogP contribution in [0.4, 0.5) is 10.1 Å². The van der Waals surface area contributed by atoms with Crippen LogP contribution >= 0.6 is 0 Å². The molecule has 0 aliphatic rings. The number of carbonyl (C=O) groups is 2. The lowest BCUT2D eigenvalue weighted by atomic mass is 10.1. The molecular formula is C26H36FN3O5S. The van der Waals surface area contributed by atoms with Gasteiger partial charge in [0.15, 0.2) is 0 Å². The fraction of sp³-hybridized carbons (Fsp3) is 0.462. The Bertz CT molecular complexity index is 1120. The van der Waals surface area contributed by atoms with Gasteiger partial charge in [-0.15, -0.1) is 0 Å². The van der Waals surface area contributed by atoms with Crippen LogP contribution in [-0.2, 0) is 26.2 Å². The second kappa shape index (κ2) is 13.2. The maximum Gasteiger partial charge on any atom is 0.242 e. The molecule has 8 nitrogen and oxygen atoms in total. The van der Waals surface area contributed by atoms with Crippen LogP contribution in [0.5, 0.6) is 5.75 Å². The highest BCUT2D eigenvalue weighted by atomic mass is 32.2. The highest BCUT2D eigenvalue weighted by Gasteiger charge is 2.26. The molecule has 2 aromatic rings. The highest BCUT2D eigenvalue weighted by molar-refractivity contribution is 7.92. The van der Waals surface area contributed by atoms with E-state index in [1.54, 1.807) is 43.3 Å². The molecule has 0 radical (unpaired) electrons. The number of hydrogen-bond donors (Lipinski definition) is 1. The van der Waals surface area contributed by atoms with Gasteiger partial charge in [-0.3, -0.25) is 13.9 Å². The molecule has 0 saturated carbocycles. The van der Waals surface area contributed by atoms with E-state index in [9.17, 15) is 22.4 Å². The summed E-state index contributed by atoms with van der Waals surface area (Å²) in [7, 11) is -2.11. The molecular weight excluding hydrogens is 485 g/mol. The Kier molecular flexibility index (Phi) is 10.7. The molecule has 2 amide bonds. The molecule has 2 aromatic carbocycles. The molecule has 0 bridgehead atoms. The minimum Gasteiger partial charge on any atom is -0.497 e. The van der Waals surface area contributed by atoms with Crippen molar-refractivity contribution in [2.24, 2.45) is 5.92 Å². The Balaban J connectivity index is 2.16. The van der Waals surface area contributed by atoms with Crippen molar-refractivity contribution in [3.8, 4) is 5.75 Å². The molecule has 0 aliphatic heterocycles. The third kappa shape index (κ3) is 8.82. The number of sulfonamides is 1. The van der Waals surface area contributed by atoms with Gasteiger partial charge in [0.25, 0.3) is 0 Å². The van der Waals surface area contributed by atoms with Crippen LogP contribution in [-0.4, -0.2) is 57.6 Å². The van der Waals surface area contributed by atoms with E-state index in [2.05, 4.69) is 5.32 Å². The molecule has 0 aromatic heterocycles. The molecule has 0 fully saturated rings. The predicted octanol–water partition coefficient (Wildman–Crippen LogP) is 3.57. The van der Waals surface area contributed by atoms with Gasteiger partial charge in [-0.2, -0.15) is 0 Å². The van der Waals surface area contributed by atoms with E-state index in [0.717, 1.165) is 6.26 Å². The summed E-state index contributed by atoms with van der Waals surface area (Å²) in [5.74, 6) is -0.207. The fourth-order valence-electron chi connectivity index (χ4n) is 3.59. The lowest BCUT2D eigenvalue weighted by Gasteiger charge is -2.29. The minimum absolute atomic E-state index is 0.0268. The van der Waals surface area contributed by atoms with Gasteiger partial charge in [-0.25, -0.2) is 12.8 Å². The zero-order valence-electron chi connectivity index (χ0n) is 21.5. The number of methoxy groups -OCH3 is 1. The number of halogens is 1. The van der Waals surface area contributed by atoms with E-state index < -0.39 is 21.9 Å². The maximum absolute atomic E-state index is 13.4. The standard InChI is InChI=1S/C26H36FN3O5S/c1-19(2)17-28-26(32)20(3)29(18-21-11-13-22(27)14-12-21)25(31)10-7-15-30(36(5,33)34)23-8-6-9-24(16-23)35-4/h6,8-9,11-14,16,19-20H,7,10,15,17-18H2,1-5H3,(H,28,32)/t20-/m1/s1. The summed E-state index contributed by atoms with van der Waals surface area (Å²) in [5, 5.41) is 2.85. The van der Waals surface area contributed by atoms with E-state index >= 15 is 0 Å². The van der Waals surface area contributed by atoms with Gasteiger partial charge in [0.1, 0.15) is 17.6 Å². The Morgan fingerprint density at radius 2 is 1.75 bits per heavy atom. The molecule has 198 valence electrons. The molecule has 0 unspecified atom stereocenters. The predicted molar refractivity (Wildman–Crippen MR) is 139 cm³/mol. The number of hydrogen-bond acceptors (Lipinski definition) is 5. The Labute approximate surface area is 213 Å². The van der Waals surface area contributed by atoms with Crippen molar-refractivity contribution in [3.05, 3.63) is 59.9 Å². The molecule has 2 rings (SSSR count). The summed E-state index contributed by atoms with van der Waals surface area (Å²) in [6.07, 6.45) is 1.37. The molecule has 10 heteroatoms. The third-order valence-electron chi connectivity index (χ3n) is 5.61. The summed E-state index contributed by atoms with van der Waals surface area (Å²) >= 11 is 0. The largest absolute Gasteiger partial charge is 0.497 e. The average molecular weight is 522 g/mol. The minimum atomic E-state index is -3.61. The van der Waals surface area contributed by atoms with Gasteiger partial charge in [-0.1, -0.05) is 32.0 Å². The van der Waals surface area contributed by atoms with E-state index in [1.165, 1.54) is 28.4 Å². The lowest BCUT2D eigenvalue weighted by Crippen LogP contribution is -2.48. The Morgan fingerprint density at radius 1 is 1.08 bits per heavy atom. The van der Waals surface area contributed by atoms with Crippen LogP contribution in [0.1, 0.15) is 39.2 Å². The van der Waals surface area contributed by atoms with Crippen molar-refractivity contribution in [1.82, 2.24) is 10.2 Å². The SMILES string of the molecule is COc1cccc(N(CCCC(=O)N(Cc2ccc(F)cc2)[C@H](C)C(=O)NCC(C)C)S(C)(=O)=O)c1. The van der Waals surface area contributed by atoms with Crippen molar-refractivity contribution in [1.29, 1.82) is 0 Å². The Morgan fingerprint density at radius 3 is 2.33 bits per heavy atom. The van der Waals surface area contributed by atoms with Crippen LogP contribution in [0.2, 0.25) is 0 Å². The number of anilines is 1. The van der Waals surface area contributed by atoms with Gasteiger partial charge in [0.05, 0.1) is 19.1 Å². The summed E-state index contributed by atoms with van der Waals surface area (Å²) in [4.78, 5) is 27.4. The van der Waals surface area contributed by atoms with Crippen molar-refractivity contribution < 1.29 is 27.1 Å². The number of amides is 2. The first-order chi connectivity index (χ1) is 16.9. The van der Waals surface area contributed by atoms with E-state index in [4.69, 9.17) is 4.74 Å². The Hall–Kier alpha value is -3.14. The summed E-state index contributed by atoms with van der Waals surface area (Å²) < 4.78 is 44.7. The van der Waals surface area contributed by atoms with E-state index in [-0.39, 0.29) is 43.7 Å². The molecule has 1 atom stereocenters. The quantitative estimate of drug-likeness (QED) is 0.435. The van der Waals surface area contributed by atoms with Crippen molar-refractivity contribution in [2.45, 2.75) is 46.2 Å². The van der Waals surface area contributed by atoms with Crippen molar-refractivity contribution in [3.63, 3.8) is 0 Å². The van der Waals surface area contributed by atoms with Gasteiger partial charge in [0, 0.05) is 32.1 Å². The number of rotatable bonds is 13. The normalized spacial score (nSPS) is 12.2. The van der Waals surface area contributed by atoms with Crippen molar-refractivity contribution >= 4 is 27.5 Å². The number of nitrogens with zero attached hydrogens (tertiary/aromatic N) is 2. The lowest BCUT2D eigenvalue weighted by molar-refractivity contribution is -0.140. The molecule has 0 aliphatic carbocycles. The number of benzene rings is 2. The smallest absolute Gasteiger partial charge is 0.242 e. The zero-order chi connectivity index (χ0) is 26.9. The van der Waals surface area contributed by atoms with Gasteiger partial charge >= 0.3 is 0 Å². The van der Waals surface area contributed by atoms with Gasteiger partial charge in [0.2, 0.25) is 21.8 Å². The summed E-state index contributed by atoms with van der Waals surface area (Å²) in [5.41, 5.74) is 1.12. The van der Waals surface area contributed by atoms with Gasteiger partial charge in [-0.05, 0) is 49.1 Å². The molecule has 0 heterocycles. The second-order valence-electron chi connectivity index (χ2n) is 9.10. The maximum atomic E-state index is 13.4. The number of carbonyl (C=O) groups excluding carboxylic acids is 2. The van der Waals surface area contributed by atoms with Crippen LogP contribution in [0.3, 0.4) is 0 Å². The first kappa shape index (κ1) is 29.1. The van der Waals surface area contributed by atoms with Crippen LogP contribution in [0, 0.1) is 11.7 Å². The second-order valence-corrected chi connectivity index (χ2v) is 11.0. The third-order valence-corrected chi connectivity index (χ3v) is 6.81. The number of nitrogens with one attached hydrogen (secondary N) is 1. The monoisotopic (exact) mass is 521 g/mol. The topological polar surface area (TPSA) is 96.0 Å². The first-order valence-corrected chi connectivity index (χ1v) is 13.7. The molecule has 1 N–H and O–H groups in total. The van der Waals surface area contributed by atoms with Crippen LogP contribution < -0.4 is 14.4 Å². The van der Waals surface area contributed by atoms with Gasteiger partial charge < -0.3 is 15.0 Å². The van der Waals surface area contributed by atoms with E-state index in [1.807, 2.05) is 13.8 Å². The first-order valence-electron chi connectivity index (χ1n) is 11.9. The molecule has 0 spiro atoms. The summed E-state index contributed by atoms with van der Waals surface area (Å²) in [6.45, 7) is 6.28. The van der Waals surface area contributed by atoms with Crippen LogP contribution in [0.15, 0.2) is 48.5 Å². The summed E-state index contributed by atoms with van der Waals surface area (Å²) in [6, 6.07) is 11.7. The zero-order valence-corrected chi connectivity index (χ0v) is 22.3. The molecule has 0 saturated heterocycles.